The molecule has 1 fully saturated rings. The highest BCUT2D eigenvalue weighted by atomic mass is 32.2. The monoisotopic (exact) mass is 282 g/mol. The lowest BCUT2D eigenvalue weighted by Crippen LogP contribution is -2.40. The molecule has 0 aliphatic carbocycles. The van der Waals surface area contributed by atoms with Gasteiger partial charge in [-0.2, -0.15) is 8.42 Å². The number of benzene rings is 1. The van der Waals surface area contributed by atoms with Crippen LogP contribution in [-0.4, -0.2) is 32.9 Å². The van der Waals surface area contributed by atoms with Crippen molar-refractivity contribution >= 4 is 22.0 Å². The number of sulfonamides is 1. The molecule has 1 aromatic rings. The zero-order valence-electron chi connectivity index (χ0n) is 10.6. The summed E-state index contributed by atoms with van der Waals surface area (Å²) in [5, 5.41) is 1.96. The predicted molar refractivity (Wildman–Crippen MR) is 75.1 cm³/mol. The van der Waals surface area contributed by atoms with Gasteiger partial charge in [0.2, 0.25) is 0 Å². The van der Waals surface area contributed by atoms with Gasteiger partial charge < -0.3 is 11.2 Å². The lowest BCUT2D eigenvalue weighted by Gasteiger charge is -2.25. The Morgan fingerprint density at radius 1 is 1.16 bits per heavy atom. The number of hydrogen-bond acceptors (Lipinski definition) is 4. The molecular formula is C12H18N4O2S. The van der Waals surface area contributed by atoms with Gasteiger partial charge in [-0.05, 0) is 37.1 Å². The first-order chi connectivity index (χ1) is 9.08. The molecular weight excluding hydrogens is 264 g/mol. The molecule has 0 aromatic heterocycles. The van der Waals surface area contributed by atoms with Gasteiger partial charge in [0, 0.05) is 18.8 Å². The average Bonchev–Trinajstić information content (AvgIpc) is 2.40. The van der Waals surface area contributed by atoms with Gasteiger partial charge in [0.15, 0.2) is 0 Å². The SMILES string of the molecule is Nc1ccc(S(=O)(=O)/N=C/NN2CCCCC2)cc1. The molecule has 7 heteroatoms. The molecule has 0 amide bonds. The van der Waals surface area contributed by atoms with E-state index in [1.807, 2.05) is 5.01 Å². The van der Waals surface area contributed by atoms with E-state index in [1.165, 1.54) is 24.9 Å². The van der Waals surface area contributed by atoms with E-state index in [4.69, 9.17) is 5.73 Å². The van der Waals surface area contributed by atoms with Crippen molar-refractivity contribution in [1.29, 1.82) is 0 Å². The zero-order valence-corrected chi connectivity index (χ0v) is 11.4. The second-order valence-corrected chi connectivity index (χ2v) is 6.09. The summed E-state index contributed by atoms with van der Waals surface area (Å²) in [6, 6.07) is 5.98. The summed E-state index contributed by atoms with van der Waals surface area (Å²) < 4.78 is 27.4. The van der Waals surface area contributed by atoms with Crippen LogP contribution < -0.4 is 11.2 Å². The molecule has 104 valence electrons. The Morgan fingerprint density at radius 2 is 1.79 bits per heavy atom. The molecule has 1 saturated heterocycles. The van der Waals surface area contributed by atoms with Crippen molar-refractivity contribution in [3.05, 3.63) is 24.3 Å². The smallest absolute Gasteiger partial charge is 0.283 e. The van der Waals surface area contributed by atoms with Crippen molar-refractivity contribution in [2.45, 2.75) is 24.2 Å². The molecule has 0 saturated carbocycles. The normalized spacial score (nSPS) is 17.7. The second-order valence-electron chi connectivity index (χ2n) is 4.46. The average molecular weight is 282 g/mol. The maximum atomic E-state index is 11.9. The number of rotatable bonds is 4. The summed E-state index contributed by atoms with van der Waals surface area (Å²) >= 11 is 0. The number of hydrogen-bond donors (Lipinski definition) is 2. The molecule has 0 atom stereocenters. The summed E-state index contributed by atoms with van der Waals surface area (Å²) in [5.74, 6) is 0. The molecule has 19 heavy (non-hydrogen) atoms. The first-order valence-corrected chi connectivity index (χ1v) is 7.67. The Labute approximate surface area is 113 Å². The quantitative estimate of drug-likeness (QED) is 0.488. The van der Waals surface area contributed by atoms with E-state index >= 15 is 0 Å². The Bertz CT molecular complexity index is 533. The number of hydrazine groups is 1. The summed E-state index contributed by atoms with van der Waals surface area (Å²) in [6.45, 7) is 1.82. The fourth-order valence-corrected chi connectivity index (χ4v) is 2.69. The number of nitrogens with two attached hydrogens (primary N) is 1. The lowest BCUT2D eigenvalue weighted by molar-refractivity contribution is 0.197. The highest BCUT2D eigenvalue weighted by molar-refractivity contribution is 7.90. The third-order valence-corrected chi connectivity index (χ3v) is 4.22. The molecule has 1 aromatic carbocycles. The van der Waals surface area contributed by atoms with Gasteiger partial charge in [-0.1, -0.05) is 6.42 Å². The van der Waals surface area contributed by atoms with E-state index in [9.17, 15) is 8.42 Å². The summed E-state index contributed by atoms with van der Waals surface area (Å²) in [5.41, 5.74) is 8.93. The molecule has 0 radical (unpaired) electrons. The second kappa shape index (κ2) is 6.03. The number of anilines is 1. The fraction of sp³-hybridized carbons (Fsp3) is 0.417. The van der Waals surface area contributed by atoms with E-state index in [0.29, 0.717) is 5.69 Å². The van der Waals surface area contributed by atoms with Crippen LogP contribution in [0.1, 0.15) is 19.3 Å². The summed E-state index contributed by atoms with van der Waals surface area (Å²) in [7, 11) is -3.65. The Hall–Kier alpha value is -1.60. The first kappa shape index (κ1) is 13.8. The highest BCUT2D eigenvalue weighted by Gasteiger charge is 2.12. The third-order valence-electron chi connectivity index (χ3n) is 2.97. The van der Waals surface area contributed by atoms with Crippen LogP contribution in [0.2, 0.25) is 0 Å². The van der Waals surface area contributed by atoms with Crippen LogP contribution in [0.25, 0.3) is 0 Å². The van der Waals surface area contributed by atoms with Crippen LogP contribution in [0.5, 0.6) is 0 Å². The highest BCUT2D eigenvalue weighted by Crippen LogP contribution is 2.13. The van der Waals surface area contributed by atoms with Crippen molar-refractivity contribution in [2.24, 2.45) is 4.40 Å². The first-order valence-electron chi connectivity index (χ1n) is 6.23. The van der Waals surface area contributed by atoms with Crippen LogP contribution >= 0.6 is 0 Å². The van der Waals surface area contributed by atoms with Crippen molar-refractivity contribution in [3.63, 3.8) is 0 Å². The van der Waals surface area contributed by atoms with Crippen molar-refractivity contribution in [1.82, 2.24) is 10.4 Å². The van der Waals surface area contributed by atoms with Gasteiger partial charge in [-0.3, -0.25) is 0 Å². The van der Waals surface area contributed by atoms with E-state index in [1.54, 1.807) is 12.1 Å². The molecule has 1 aliphatic heterocycles. The minimum atomic E-state index is -3.65. The minimum Gasteiger partial charge on any atom is -0.399 e. The molecule has 6 nitrogen and oxygen atoms in total. The van der Waals surface area contributed by atoms with E-state index < -0.39 is 10.0 Å². The Kier molecular flexibility index (Phi) is 4.39. The van der Waals surface area contributed by atoms with E-state index in [0.717, 1.165) is 25.9 Å². The zero-order chi connectivity index (χ0) is 13.7. The van der Waals surface area contributed by atoms with Gasteiger partial charge in [0.25, 0.3) is 10.0 Å². The van der Waals surface area contributed by atoms with Crippen LogP contribution in [0.4, 0.5) is 5.69 Å². The van der Waals surface area contributed by atoms with Crippen molar-refractivity contribution in [2.75, 3.05) is 18.8 Å². The molecule has 1 heterocycles. The molecule has 3 N–H and O–H groups in total. The van der Waals surface area contributed by atoms with Gasteiger partial charge in [-0.25, -0.2) is 5.01 Å². The van der Waals surface area contributed by atoms with E-state index in [-0.39, 0.29) is 4.90 Å². The van der Waals surface area contributed by atoms with Crippen LogP contribution in [-0.2, 0) is 10.0 Å². The van der Waals surface area contributed by atoms with Gasteiger partial charge in [0.05, 0.1) is 4.90 Å². The van der Waals surface area contributed by atoms with Gasteiger partial charge >= 0.3 is 0 Å². The number of nitrogen functional groups attached to an aromatic ring is 1. The van der Waals surface area contributed by atoms with Crippen LogP contribution in [0, 0.1) is 0 Å². The standard InChI is InChI=1S/C12H18N4O2S/c13-11-4-6-12(7-5-11)19(17,18)15-10-14-16-8-2-1-3-9-16/h4-7,10H,1-3,8-9,13H2,(H,14,15). The lowest BCUT2D eigenvalue weighted by atomic mass is 10.2. The Balaban J connectivity index is 1.98. The number of piperidine rings is 1. The maximum absolute atomic E-state index is 11.9. The van der Waals surface area contributed by atoms with Crippen LogP contribution in [0.3, 0.4) is 0 Å². The van der Waals surface area contributed by atoms with Crippen LogP contribution in [0.15, 0.2) is 33.6 Å². The topological polar surface area (TPSA) is 87.8 Å². The molecule has 2 rings (SSSR count). The maximum Gasteiger partial charge on any atom is 0.283 e. The fourth-order valence-electron chi connectivity index (χ4n) is 1.90. The number of nitrogens with zero attached hydrogens (tertiary/aromatic N) is 2. The van der Waals surface area contributed by atoms with Gasteiger partial charge in [-0.15, -0.1) is 4.40 Å². The van der Waals surface area contributed by atoms with E-state index in [2.05, 4.69) is 9.82 Å². The predicted octanol–water partition coefficient (Wildman–Crippen LogP) is 0.976. The molecule has 0 bridgehead atoms. The molecule has 1 aliphatic rings. The van der Waals surface area contributed by atoms with Crippen molar-refractivity contribution in [3.8, 4) is 0 Å². The van der Waals surface area contributed by atoms with Gasteiger partial charge in [0.1, 0.15) is 6.34 Å². The molecule has 0 spiro atoms. The Morgan fingerprint density at radius 3 is 2.42 bits per heavy atom. The third kappa shape index (κ3) is 3.93. The summed E-state index contributed by atoms with van der Waals surface area (Å²) in [4.78, 5) is 0.137. The minimum absolute atomic E-state index is 0.137. The summed E-state index contributed by atoms with van der Waals surface area (Å²) in [6.07, 6.45) is 4.69. The number of nitrogens with one attached hydrogen (secondary N) is 1. The van der Waals surface area contributed by atoms with Crippen molar-refractivity contribution < 1.29 is 8.42 Å². The molecule has 0 unspecified atom stereocenters. The largest absolute Gasteiger partial charge is 0.399 e.